The lowest BCUT2D eigenvalue weighted by molar-refractivity contribution is -0.870. The van der Waals surface area contributed by atoms with Gasteiger partial charge in [0.25, 0.3) is 0 Å². The summed E-state index contributed by atoms with van der Waals surface area (Å²) in [5.74, 6) is -2.30. The molecule has 0 aliphatic rings. The van der Waals surface area contributed by atoms with Gasteiger partial charge in [0.2, 0.25) is 0 Å². The smallest absolute Gasteiger partial charge is 0.306 e. The summed E-state index contributed by atoms with van der Waals surface area (Å²) in [6, 6.07) is 0. The van der Waals surface area contributed by atoms with Gasteiger partial charge >= 0.3 is 11.9 Å². The van der Waals surface area contributed by atoms with Gasteiger partial charge in [-0.15, -0.1) is 0 Å². The first-order chi connectivity index (χ1) is 28.1. The largest absolute Gasteiger partial charge is 0.545 e. The maximum Gasteiger partial charge on any atom is 0.306 e. The average molecular weight is 820 g/mol. The first-order valence-electron chi connectivity index (χ1n) is 23.6. The SMILES string of the molecule is CCCCC/C=C\C/C=C\CCCCCCCCCCCC(=O)OC(COC(=O)CCCCCCC/C=C\CCCCCCC)COC(OCC[N+](C)(C)C)C(=O)[O-]. The number of hydrogen-bond donors (Lipinski definition) is 0. The summed E-state index contributed by atoms with van der Waals surface area (Å²) in [5, 5.41) is 11.7. The number of aliphatic carboxylic acids is 1. The maximum atomic E-state index is 12.8. The number of nitrogens with zero attached hydrogens (tertiary/aromatic N) is 1. The quantitative estimate of drug-likeness (QED) is 0.0197. The van der Waals surface area contributed by atoms with Crippen LogP contribution in [0.2, 0.25) is 0 Å². The van der Waals surface area contributed by atoms with Crippen LogP contribution >= 0.6 is 0 Å². The number of unbranched alkanes of at least 4 members (excludes halogenated alkanes) is 22. The Labute approximate surface area is 356 Å². The molecule has 0 spiro atoms. The van der Waals surface area contributed by atoms with Gasteiger partial charge in [-0.3, -0.25) is 9.59 Å². The molecule has 0 aliphatic heterocycles. The predicted molar refractivity (Wildman–Crippen MR) is 237 cm³/mol. The van der Waals surface area contributed by atoms with E-state index >= 15 is 0 Å². The van der Waals surface area contributed by atoms with Crippen molar-refractivity contribution in [1.29, 1.82) is 0 Å². The van der Waals surface area contributed by atoms with E-state index in [1.54, 1.807) is 0 Å². The molecule has 0 amide bonds. The second-order valence-electron chi connectivity index (χ2n) is 17.0. The van der Waals surface area contributed by atoms with E-state index < -0.39 is 24.3 Å². The summed E-state index contributed by atoms with van der Waals surface area (Å²) in [4.78, 5) is 37.0. The molecule has 0 saturated carbocycles. The summed E-state index contributed by atoms with van der Waals surface area (Å²) >= 11 is 0. The number of carbonyl (C=O) groups is 3. The summed E-state index contributed by atoms with van der Waals surface area (Å²) in [5.41, 5.74) is 0. The number of carboxylic acid groups (broad SMARTS) is 1. The van der Waals surface area contributed by atoms with Gasteiger partial charge in [0.05, 0.1) is 40.3 Å². The highest BCUT2D eigenvalue weighted by atomic mass is 16.7. The lowest BCUT2D eigenvalue weighted by Gasteiger charge is -2.26. The Hall–Kier alpha value is -2.49. The molecule has 9 heteroatoms. The van der Waals surface area contributed by atoms with Crippen molar-refractivity contribution in [2.75, 3.05) is 47.5 Å². The summed E-state index contributed by atoms with van der Waals surface area (Å²) in [6.45, 7) is 4.70. The standard InChI is InChI=1S/C49H89NO8/c1-6-8-10-12-14-16-18-20-22-23-24-25-26-28-30-32-34-36-38-40-47(52)58-45(44-57-49(48(53)54)55-42-41-50(3,4)5)43-56-46(51)39-37-35-33-31-29-27-21-19-17-15-13-11-9-7-2/h14,16,19-22,45,49H,6-13,15,17-18,23-44H2,1-5H3/b16-14-,21-19-,22-20-. The van der Waals surface area contributed by atoms with Crippen LogP contribution in [0, 0.1) is 0 Å². The maximum absolute atomic E-state index is 12.8. The van der Waals surface area contributed by atoms with Crippen molar-refractivity contribution >= 4 is 17.9 Å². The van der Waals surface area contributed by atoms with Crippen molar-refractivity contribution in [2.24, 2.45) is 0 Å². The summed E-state index contributed by atoms with van der Waals surface area (Å²) in [6.07, 6.45) is 43.1. The fraction of sp³-hybridized carbons (Fsp3) is 0.816. The lowest BCUT2D eigenvalue weighted by Crippen LogP contribution is -2.44. The molecule has 0 N–H and O–H groups in total. The third-order valence-electron chi connectivity index (χ3n) is 10.1. The van der Waals surface area contributed by atoms with E-state index in [1.165, 1.54) is 96.3 Å². The van der Waals surface area contributed by atoms with Crippen LogP contribution < -0.4 is 5.11 Å². The van der Waals surface area contributed by atoms with Gasteiger partial charge in [-0.25, -0.2) is 0 Å². The Balaban J connectivity index is 4.41. The first kappa shape index (κ1) is 55.5. The molecular weight excluding hydrogens is 731 g/mol. The van der Waals surface area contributed by atoms with Crippen molar-refractivity contribution in [1.82, 2.24) is 0 Å². The minimum absolute atomic E-state index is 0.145. The van der Waals surface area contributed by atoms with Gasteiger partial charge in [-0.2, -0.15) is 0 Å². The Kier molecular flexibility index (Phi) is 39.5. The number of hydrogen-bond acceptors (Lipinski definition) is 8. The van der Waals surface area contributed by atoms with E-state index in [1.807, 2.05) is 21.1 Å². The number of carboxylic acids is 1. The average Bonchev–Trinajstić information content (AvgIpc) is 3.18. The molecule has 338 valence electrons. The zero-order valence-corrected chi connectivity index (χ0v) is 38.2. The van der Waals surface area contributed by atoms with Crippen molar-refractivity contribution < 1.29 is 42.9 Å². The molecule has 0 aromatic carbocycles. The van der Waals surface area contributed by atoms with Crippen LogP contribution in [0.5, 0.6) is 0 Å². The Morgan fingerprint density at radius 3 is 1.41 bits per heavy atom. The molecule has 2 unspecified atom stereocenters. The van der Waals surface area contributed by atoms with E-state index in [2.05, 4.69) is 50.3 Å². The second kappa shape index (κ2) is 41.3. The van der Waals surface area contributed by atoms with Crippen LogP contribution in [0.15, 0.2) is 36.5 Å². The molecular formula is C49H89NO8. The molecule has 0 heterocycles. The molecule has 0 aromatic rings. The fourth-order valence-corrected chi connectivity index (χ4v) is 6.38. The van der Waals surface area contributed by atoms with Crippen LogP contribution in [-0.2, 0) is 33.3 Å². The summed E-state index contributed by atoms with van der Waals surface area (Å²) < 4.78 is 22.6. The van der Waals surface area contributed by atoms with Gasteiger partial charge in [-0.05, 0) is 70.6 Å². The number of ether oxygens (including phenoxy) is 4. The number of allylic oxidation sites excluding steroid dienone is 6. The van der Waals surface area contributed by atoms with E-state index in [9.17, 15) is 19.5 Å². The first-order valence-corrected chi connectivity index (χ1v) is 23.6. The van der Waals surface area contributed by atoms with Crippen molar-refractivity contribution in [2.45, 2.75) is 212 Å². The molecule has 0 aliphatic carbocycles. The van der Waals surface area contributed by atoms with Gasteiger partial charge in [0.15, 0.2) is 12.4 Å². The van der Waals surface area contributed by atoms with E-state index in [0.717, 1.165) is 70.6 Å². The number of likely N-dealkylation sites (N-methyl/N-ethyl adjacent to an activating group) is 1. The van der Waals surface area contributed by atoms with Crippen LogP contribution in [-0.4, -0.2) is 82.3 Å². The predicted octanol–water partition coefficient (Wildman–Crippen LogP) is 11.3. The minimum atomic E-state index is -1.62. The van der Waals surface area contributed by atoms with E-state index in [4.69, 9.17) is 18.9 Å². The van der Waals surface area contributed by atoms with Crippen molar-refractivity contribution in [3.63, 3.8) is 0 Å². The van der Waals surface area contributed by atoms with Gasteiger partial charge in [0, 0.05) is 12.8 Å². The monoisotopic (exact) mass is 820 g/mol. The Morgan fingerprint density at radius 1 is 0.517 bits per heavy atom. The third kappa shape index (κ3) is 41.7. The number of carbonyl (C=O) groups excluding carboxylic acids is 3. The third-order valence-corrected chi connectivity index (χ3v) is 10.1. The van der Waals surface area contributed by atoms with Crippen LogP contribution in [0.25, 0.3) is 0 Å². The summed E-state index contributed by atoms with van der Waals surface area (Å²) in [7, 11) is 5.91. The highest BCUT2D eigenvalue weighted by Crippen LogP contribution is 2.14. The molecule has 0 bridgehead atoms. The highest BCUT2D eigenvalue weighted by molar-refractivity contribution is 5.70. The molecule has 0 radical (unpaired) electrons. The molecule has 58 heavy (non-hydrogen) atoms. The molecule has 0 saturated heterocycles. The van der Waals surface area contributed by atoms with E-state index in [0.29, 0.717) is 17.4 Å². The molecule has 0 aromatic heterocycles. The van der Waals surface area contributed by atoms with E-state index in [-0.39, 0.29) is 38.6 Å². The number of esters is 2. The van der Waals surface area contributed by atoms with Crippen LogP contribution in [0.4, 0.5) is 0 Å². The zero-order valence-electron chi connectivity index (χ0n) is 38.2. The minimum Gasteiger partial charge on any atom is -0.545 e. The Bertz CT molecular complexity index is 1050. The lowest BCUT2D eigenvalue weighted by atomic mass is 10.1. The van der Waals surface area contributed by atoms with Crippen molar-refractivity contribution in [3.8, 4) is 0 Å². The molecule has 0 fully saturated rings. The zero-order chi connectivity index (χ0) is 42.8. The second-order valence-corrected chi connectivity index (χ2v) is 17.0. The normalized spacial score (nSPS) is 13.2. The number of rotatable bonds is 43. The highest BCUT2D eigenvalue weighted by Gasteiger charge is 2.21. The fourth-order valence-electron chi connectivity index (χ4n) is 6.38. The van der Waals surface area contributed by atoms with Gasteiger partial charge < -0.3 is 33.3 Å². The number of quaternary nitrogens is 1. The molecule has 0 rings (SSSR count). The van der Waals surface area contributed by atoms with Gasteiger partial charge in [-0.1, -0.05) is 153 Å². The van der Waals surface area contributed by atoms with Crippen molar-refractivity contribution in [3.05, 3.63) is 36.5 Å². The van der Waals surface area contributed by atoms with Gasteiger partial charge in [0.1, 0.15) is 13.2 Å². The van der Waals surface area contributed by atoms with Crippen LogP contribution in [0.1, 0.15) is 200 Å². The van der Waals surface area contributed by atoms with Crippen LogP contribution in [0.3, 0.4) is 0 Å². The molecule has 2 atom stereocenters. The molecule has 9 nitrogen and oxygen atoms in total. The Morgan fingerprint density at radius 2 is 0.931 bits per heavy atom. The topological polar surface area (TPSA) is 111 Å².